The van der Waals surface area contributed by atoms with Crippen LogP contribution in [0.25, 0.3) is 0 Å². The number of thioether (sulfide) groups is 1. The normalized spacial score (nSPS) is 14.0. The van der Waals surface area contributed by atoms with Gasteiger partial charge in [0.25, 0.3) is 5.91 Å². The van der Waals surface area contributed by atoms with Crippen molar-refractivity contribution in [1.82, 2.24) is 9.88 Å². The molecule has 1 amide bonds. The molecule has 1 fully saturated rings. The Morgan fingerprint density at radius 2 is 1.87 bits per heavy atom. The maximum absolute atomic E-state index is 13.1. The van der Waals surface area contributed by atoms with Crippen molar-refractivity contribution in [2.75, 3.05) is 25.0 Å². The van der Waals surface area contributed by atoms with E-state index in [1.165, 1.54) is 24.9 Å². The summed E-state index contributed by atoms with van der Waals surface area (Å²) >= 11 is 3.26. The molecule has 1 aliphatic heterocycles. The second-order valence-electron chi connectivity index (χ2n) is 7.64. The molecule has 2 aromatic carbocycles. The van der Waals surface area contributed by atoms with E-state index in [1.54, 1.807) is 28.0 Å². The van der Waals surface area contributed by atoms with Crippen LogP contribution in [0.5, 0.6) is 0 Å². The maximum atomic E-state index is 13.1. The lowest BCUT2D eigenvalue weighted by atomic mass is 10.1. The third kappa shape index (κ3) is 5.24. The van der Waals surface area contributed by atoms with Crippen molar-refractivity contribution in [3.05, 3.63) is 76.2 Å². The first-order chi connectivity index (χ1) is 14.7. The first-order valence-corrected chi connectivity index (χ1v) is 12.3. The number of thiazole rings is 1. The Balaban J connectivity index is 1.40. The fourth-order valence-corrected chi connectivity index (χ4v) is 5.36. The predicted molar refractivity (Wildman–Crippen MR) is 126 cm³/mol. The molecule has 0 aliphatic carbocycles. The number of nitrogens with zero attached hydrogens (tertiary/aromatic N) is 3. The van der Waals surface area contributed by atoms with Gasteiger partial charge in [0, 0.05) is 48.4 Å². The van der Waals surface area contributed by atoms with Crippen LogP contribution in [0.3, 0.4) is 0 Å². The van der Waals surface area contributed by atoms with Gasteiger partial charge in [-0.15, -0.1) is 23.1 Å². The summed E-state index contributed by atoms with van der Waals surface area (Å²) in [5.41, 5.74) is 6.09. The Morgan fingerprint density at radius 3 is 2.60 bits per heavy atom. The molecule has 1 aromatic heterocycles. The van der Waals surface area contributed by atoms with Crippen LogP contribution in [0.1, 0.15) is 40.9 Å². The molecule has 0 N–H and O–H groups in total. The Kier molecular flexibility index (Phi) is 7.07. The molecule has 4 nitrogen and oxygen atoms in total. The number of benzene rings is 2. The van der Waals surface area contributed by atoms with Crippen LogP contribution >= 0.6 is 23.1 Å². The van der Waals surface area contributed by atoms with Crippen LogP contribution < -0.4 is 4.90 Å². The van der Waals surface area contributed by atoms with Gasteiger partial charge in [0.15, 0.2) is 0 Å². The molecule has 3 aromatic rings. The van der Waals surface area contributed by atoms with E-state index in [1.807, 2.05) is 36.8 Å². The van der Waals surface area contributed by atoms with Gasteiger partial charge in [0.1, 0.15) is 0 Å². The van der Waals surface area contributed by atoms with Crippen LogP contribution in [0.15, 0.2) is 64.3 Å². The third-order valence-corrected chi connectivity index (χ3v) is 7.14. The second kappa shape index (κ2) is 10.1. The zero-order chi connectivity index (χ0) is 20.8. The minimum atomic E-state index is 0.0523. The topological polar surface area (TPSA) is 36.4 Å². The molecule has 0 radical (unpaired) electrons. The summed E-state index contributed by atoms with van der Waals surface area (Å²) in [7, 11) is 1.88. The molecule has 0 spiro atoms. The van der Waals surface area contributed by atoms with Gasteiger partial charge in [0.2, 0.25) is 0 Å². The number of hydrogen-bond acceptors (Lipinski definition) is 5. The van der Waals surface area contributed by atoms with Crippen molar-refractivity contribution in [1.29, 1.82) is 0 Å². The molecule has 4 rings (SSSR count). The smallest absolute Gasteiger partial charge is 0.255 e. The molecule has 2 heterocycles. The average molecular weight is 438 g/mol. The van der Waals surface area contributed by atoms with Gasteiger partial charge in [-0.05, 0) is 49.1 Å². The summed E-state index contributed by atoms with van der Waals surface area (Å²) in [5.74, 6) is 0.826. The Morgan fingerprint density at radius 1 is 1.10 bits per heavy atom. The number of carbonyl (C=O) groups excluding carboxylic acids is 1. The number of aromatic nitrogens is 1. The largest absolute Gasteiger partial charge is 0.372 e. The van der Waals surface area contributed by atoms with Crippen LogP contribution in [-0.2, 0) is 12.3 Å². The third-order valence-electron chi connectivity index (χ3n) is 5.40. The van der Waals surface area contributed by atoms with E-state index in [0.29, 0.717) is 6.54 Å². The van der Waals surface area contributed by atoms with E-state index in [-0.39, 0.29) is 5.91 Å². The van der Waals surface area contributed by atoms with E-state index in [9.17, 15) is 4.79 Å². The molecule has 6 heteroatoms. The molecule has 0 atom stereocenters. The summed E-state index contributed by atoms with van der Waals surface area (Å²) in [4.78, 5) is 22.7. The number of piperidine rings is 1. The SMILES string of the molecule is CN(Cc1ccc(N2CCCCC2)cc1)C(=O)c1ccccc1SCc1cscn1. The molecule has 1 aliphatic rings. The van der Waals surface area contributed by atoms with E-state index < -0.39 is 0 Å². The minimum absolute atomic E-state index is 0.0523. The second-order valence-corrected chi connectivity index (χ2v) is 9.38. The van der Waals surface area contributed by atoms with Crippen molar-refractivity contribution in [3.8, 4) is 0 Å². The van der Waals surface area contributed by atoms with E-state index in [0.717, 1.165) is 40.6 Å². The number of hydrogen-bond donors (Lipinski definition) is 0. The first-order valence-electron chi connectivity index (χ1n) is 10.4. The van der Waals surface area contributed by atoms with E-state index in [2.05, 4.69) is 39.5 Å². The fourth-order valence-electron chi connectivity index (χ4n) is 3.75. The van der Waals surface area contributed by atoms with Crippen molar-refractivity contribution in [2.45, 2.75) is 36.5 Å². The predicted octanol–water partition coefficient (Wildman–Crippen LogP) is 5.70. The molecule has 156 valence electrons. The lowest BCUT2D eigenvalue weighted by molar-refractivity contribution is 0.0781. The Bertz CT molecular complexity index is 951. The number of rotatable bonds is 7. The van der Waals surface area contributed by atoms with Crippen molar-refractivity contribution in [3.63, 3.8) is 0 Å². The number of carbonyl (C=O) groups is 1. The Labute approximate surface area is 186 Å². The summed E-state index contributed by atoms with van der Waals surface area (Å²) in [6.07, 6.45) is 3.89. The van der Waals surface area contributed by atoms with Crippen LogP contribution in [0.2, 0.25) is 0 Å². The molecule has 30 heavy (non-hydrogen) atoms. The fraction of sp³-hybridized carbons (Fsp3) is 0.333. The van der Waals surface area contributed by atoms with Gasteiger partial charge in [-0.25, -0.2) is 4.98 Å². The summed E-state index contributed by atoms with van der Waals surface area (Å²) < 4.78 is 0. The summed E-state index contributed by atoms with van der Waals surface area (Å²) in [6.45, 7) is 2.89. The molecule has 0 saturated carbocycles. The van der Waals surface area contributed by atoms with Gasteiger partial charge in [-0.2, -0.15) is 0 Å². The highest BCUT2D eigenvalue weighted by Gasteiger charge is 2.17. The van der Waals surface area contributed by atoms with E-state index >= 15 is 0 Å². The quantitative estimate of drug-likeness (QED) is 0.444. The standard InChI is InChI=1S/C24H27N3OS2/c1-26(15-19-9-11-21(12-10-19)27-13-5-2-6-14-27)24(28)22-7-3-4-8-23(22)30-17-20-16-29-18-25-20/h3-4,7-12,16,18H,2,5-6,13-15,17H2,1H3. The molecular formula is C24H27N3OS2. The Hall–Kier alpha value is -2.31. The highest BCUT2D eigenvalue weighted by molar-refractivity contribution is 7.98. The number of anilines is 1. The van der Waals surface area contributed by atoms with E-state index in [4.69, 9.17) is 0 Å². The van der Waals surface area contributed by atoms with Crippen LogP contribution in [0, 0.1) is 0 Å². The van der Waals surface area contributed by atoms with Crippen molar-refractivity contribution in [2.24, 2.45) is 0 Å². The monoisotopic (exact) mass is 437 g/mol. The highest BCUT2D eigenvalue weighted by Crippen LogP contribution is 2.27. The van der Waals surface area contributed by atoms with Gasteiger partial charge in [-0.3, -0.25) is 4.79 Å². The average Bonchev–Trinajstić information content (AvgIpc) is 3.32. The van der Waals surface area contributed by atoms with Gasteiger partial charge < -0.3 is 9.80 Å². The maximum Gasteiger partial charge on any atom is 0.255 e. The zero-order valence-electron chi connectivity index (χ0n) is 17.3. The van der Waals surface area contributed by atoms with Crippen LogP contribution in [-0.4, -0.2) is 35.9 Å². The lowest BCUT2D eigenvalue weighted by Gasteiger charge is -2.29. The minimum Gasteiger partial charge on any atom is -0.372 e. The zero-order valence-corrected chi connectivity index (χ0v) is 18.9. The number of amides is 1. The van der Waals surface area contributed by atoms with Gasteiger partial charge in [0.05, 0.1) is 16.8 Å². The first kappa shape index (κ1) is 20.9. The highest BCUT2D eigenvalue weighted by atomic mass is 32.2. The molecule has 0 unspecified atom stereocenters. The van der Waals surface area contributed by atoms with Crippen molar-refractivity contribution < 1.29 is 4.79 Å². The summed E-state index contributed by atoms with van der Waals surface area (Å²) in [5, 5.41) is 2.05. The van der Waals surface area contributed by atoms with Crippen LogP contribution in [0.4, 0.5) is 5.69 Å². The van der Waals surface area contributed by atoms with Gasteiger partial charge >= 0.3 is 0 Å². The molecular weight excluding hydrogens is 410 g/mol. The molecule has 0 bridgehead atoms. The molecule has 1 saturated heterocycles. The lowest BCUT2D eigenvalue weighted by Crippen LogP contribution is -2.29. The van der Waals surface area contributed by atoms with Crippen molar-refractivity contribution >= 4 is 34.7 Å². The van der Waals surface area contributed by atoms with Gasteiger partial charge in [-0.1, -0.05) is 24.3 Å². The summed E-state index contributed by atoms with van der Waals surface area (Å²) in [6, 6.07) is 16.5.